The second kappa shape index (κ2) is 12.6. The van der Waals surface area contributed by atoms with E-state index in [1.54, 1.807) is 17.9 Å². The van der Waals surface area contributed by atoms with Crippen molar-refractivity contribution < 1.29 is 14.4 Å². The normalized spacial score (nSPS) is 16.5. The van der Waals surface area contributed by atoms with E-state index in [9.17, 15) is 14.4 Å². The Morgan fingerprint density at radius 3 is 2.15 bits per heavy atom. The first-order chi connectivity index (χ1) is 19.8. The fourth-order valence-electron chi connectivity index (χ4n) is 4.87. The molecule has 41 heavy (non-hydrogen) atoms. The number of para-hydroxylation sites is 1. The molecule has 7 nitrogen and oxygen atoms in total. The third-order valence-electron chi connectivity index (χ3n) is 7.35. The fourth-order valence-corrected chi connectivity index (χ4v) is 5.79. The lowest BCUT2D eigenvalue weighted by molar-refractivity contribution is -0.128. The number of rotatable bonds is 7. The van der Waals surface area contributed by atoms with E-state index in [2.05, 4.69) is 35.9 Å². The Morgan fingerprint density at radius 1 is 0.878 bits per heavy atom. The number of hydrogen-bond donors (Lipinski definition) is 0. The van der Waals surface area contributed by atoms with Crippen LogP contribution >= 0.6 is 11.8 Å². The first-order valence-electron chi connectivity index (χ1n) is 13.9. The Labute approximate surface area is 245 Å². The van der Waals surface area contributed by atoms with E-state index < -0.39 is 0 Å². The maximum Gasteiger partial charge on any atom is 0.283 e. The lowest BCUT2D eigenvalue weighted by atomic mass is 10.0. The molecule has 0 atom stereocenters. The minimum Gasteiger partial charge on any atom is -0.368 e. The van der Waals surface area contributed by atoms with Crippen molar-refractivity contribution in [2.45, 2.75) is 26.7 Å². The van der Waals surface area contributed by atoms with E-state index >= 15 is 0 Å². The molecule has 0 unspecified atom stereocenters. The number of ketones is 1. The highest BCUT2D eigenvalue weighted by molar-refractivity contribution is 8.14. The van der Waals surface area contributed by atoms with E-state index in [4.69, 9.17) is 0 Å². The van der Waals surface area contributed by atoms with Crippen LogP contribution in [0.3, 0.4) is 0 Å². The molecule has 8 heteroatoms. The Kier molecular flexibility index (Phi) is 8.69. The standard InChI is InChI=1S/C33H34N4O3S/c1-23(2)26-11-9-25(10-12-26)21-30-32(40)37(29-7-5-4-6-8-29)33(34-30)41-22-31(39)36-19-17-35(18-20-36)28-15-13-27(14-16-28)24(3)38/h4-16,21,23H,17-20,22H2,1-3H3/b30-21-. The Hall–Kier alpha value is -4.17. The van der Waals surface area contributed by atoms with Crippen molar-refractivity contribution in [1.82, 2.24) is 4.90 Å². The number of carbonyl (C=O) groups excluding carboxylic acids is 3. The first-order valence-corrected chi connectivity index (χ1v) is 14.8. The number of amidine groups is 1. The van der Waals surface area contributed by atoms with Crippen LogP contribution in [0.4, 0.5) is 11.4 Å². The molecule has 3 aromatic carbocycles. The zero-order chi connectivity index (χ0) is 28.9. The van der Waals surface area contributed by atoms with Crippen molar-refractivity contribution in [2.75, 3.05) is 41.7 Å². The zero-order valence-corrected chi connectivity index (χ0v) is 24.4. The van der Waals surface area contributed by atoms with Gasteiger partial charge in [0, 0.05) is 37.4 Å². The molecule has 2 amide bonds. The molecule has 2 aliphatic heterocycles. The Balaban J connectivity index is 1.25. The van der Waals surface area contributed by atoms with Crippen LogP contribution in [0.5, 0.6) is 0 Å². The third-order valence-corrected chi connectivity index (χ3v) is 8.27. The number of anilines is 2. The van der Waals surface area contributed by atoms with Crippen LogP contribution in [0.25, 0.3) is 6.08 Å². The highest BCUT2D eigenvalue weighted by atomic mass is 32.2. The first kappa shape index (κ1) is 28.4. The van der Waals surface area contributed by atoms with Crippen LogP contribution in [-0.4, -0.2) is 59.6 Å². The number of Topliss-reactive ketones (excluding diaryl/α,β-unsaturated/α-hetero) is 1. The molecule has 3 aromatic rings. The van der Waals surface area contributed by atoms with Gasteiger partial charge in [0.15, 0.2) is 11.0 Å². The molecule has 5 rings (SSSR count). The average molecular weight is 567 g/mol. The number of piperazine rings is 1. The van der Waals surface area contributed by atoms with Crippen LogP contribution in [0.2, 0.25) is 0 Å². The summed E-state index contributed by atoms with van der Waals surface area (Å²) in [6, 6.07) is 25.2. The molecule has 0 aliphatic carbocycles. The lowest BCUT2D eigenvalue weighted by Crippen LogP contribution is -2.49. The second-order valence-corrected chi connectivity index (χ2v) is 11.4. The van der Waals surface area contributed by atoms with Crippen molar-refractivity contribution >= 4 is 52.0 Å². The predicted molar refractivity (Wildman–Crippen MR) is 168 cm³/mol. The molecule has 0 N–H and O–H groups in total. The van der Waals surface area contributed by atoms with E-state index in [1.165, 1.54) is 17.3 Å². The zero-order valence-electron chi connectivity index (χ0n) is 23.6. The molecular formula is C33H34N4O3S. The molecule has 0 saturated carbocycles. The van der Waals surface area contributed by atoms with Gasteiger partial charge in [-0.1, -0.05) is 68.1 Å². The molecule has 1 fully saturated rings. The quantitative estimate of drug-likeness (QED) is 0.266. The van der Waals surface area contributed by atoms with Gasteiger partial charge in [-0.25, -0.2) is 4.99 Å². The largest absolute Gasteiger partial charge is 0.368 e. The summed E-state index contributed by atoms with van der Waals surface area (Å²) < 4.78 is 0. The van der Waals surface area contributed by atoms with Gasteiger partial charge in [-0.05, 0) is 66.4 Å². The molecule has 2 aliphatic rings. The topological polar surface area (TPSA) is 73.3 Å². The van der Waals surface area contributed by atoms with Gasteiger partial charge in [0.05, 0.1) is 11.4 Å². The number of aliphatic imine (C=N–C) groups is 1. The van der Waals surface area contributed by atoms with Crippen LogP contribution in [0.15, 0.2) is 89.6 Å². The molecule has 0 aromatic heterocycles. The minimum absolute atomic E-state index is 0.0199. The van der Waals surface area contributed by atoms with E-state index in [1.807, 2.05) is 71.6 Å². The van der Waals surface area contributed by atoms with Crippen LogP contribution in [-0.2, 0) is 9.59 Å². The van der Waals surface area contributed by atoms with Gasteiger partial charge in [0.1, 0.15) is 5.70 Å². The van der Waals surface area contributed by atoms with Crippen molar-refractivity contribution in [3.63, 3.8) is 0 Å². The molecule has 210 valence electrons. The van der Waals surface area contributed by atoms with Gasteiger partial charge in [-0.3, -0.25) is 19.3 Å². The molecule has 2 heterocycles. The van der Waals surface area contributed by atoms with E-state index in [-0.39, 0.29) is 23.4 Å². The Morgan fingerprint density at radius 2 is 1.54 bits per heavy atom. The average Bonchev–Trinajstić information content (AvgIpc) is 3.31. The number of hydrogen-bond acceptors (Lipinski definition) is 6. The summed E-state index contributed by atoms with van der Waals surface area (Å²) >= 11 is 1.29. The summed E-state index contributed by atoms with van der Waals surface area (Å²) in [6.45, 7) is 8.51. The van der Waals surface area contributed by atoms with Gasteiger partial charge in [0.25, 0.3) is 5.91 Å². The molecule has 1 saturated heterocycles. The summed E-state index contributed by atoms with van der Waals surface area (Å²) in [5.41, 5.74) is 4.96. The van der Waals surface area contributed by atoms with Gasteiger partial charge < -0.3 is 9.80 Å². The van der Waals surface area contributed by atoms with E-state index in [0.29, 0.717) is 48.5 Å². The van der Waals surface area contributed by atoms with E-state index in [0.717, 1.165) is 16.9 Å². The Bertz CT molecular complexity index is 1470. The number of thioether (sulfide) groups is 1. The summed E-state index contributed by atoms with van der Waals surface area (Å²) in [5, 5.41) is 0.504. The third kappa shape index (κ3) is 6.60. The fraction of sp³-hybridized carbons (Fsp3) is 0.273. The van der Waals surface area contributed by atoms with Crippen LogP contribution < -0.4 is 9.80 Å². The molecule has 0 spiro atoms. The van der Waals surface area contributed by atoms with Gasteiger partial charge in [-0.15, -0.1) is 0 Å². The summed E-state index contributed by atoms with van der Waals surface area (Å²) in [4.78, 5) is 48.6. The SMILES string of the molecule is CC(=O)c1ccc(N2CCN(C(=O)CSC3=N/C(=C\c4ccc(C(C)C)cc4)C(=O)N3c3ccccc3)CC2)cc1. The van der Waals surface area contributed by atoms with Gasteiger partial charge in [-0.2, -0.15) is 0 Å². The highest BCUT2D eigenvalue weighted by Gasteiger charge is 2.33. The monoisotopic (exact) mass is 566 g/mol. The summed E-state index contributed by atoms with van der Waals surface area (Å²) in [5.74, 6) is 0.486. The highest BCUT2D eigenvalue weighted by Crippen LogP contribution is 2.30. The maximum atomic E-state index is 13.5. The van der Waals surface area contributed by atoms with Crippen molar-refractivity contribution in [1.29, 1.82) is 0 Å². The van der Waals surface area contributed by atoms with Crippen LogP contribution in [0.1, 0.15) is 48.2 Å². The number of nitrogens with zero attached hydrogens (tertiary/aromatic N) is 4. The van der Waals surface area contributed by atoms with Crippen molar-refractivity contribution in [3.05, 3.63) is 101 Å². The smallest absolute Gasteiger partial charge is 0.283 e. The van der Waals surface area contributed by atoms with Gasteiger partial charge >= 0.3 is 0 Å². The van der Waals surface area contributed by atoms with Gasteiger partial charge in [0.2, 0.25) is 5.91 Å². The van der Waals surface area contributed by atoms with Crippen molar-refractivity contribution in [2.24, 2.45) is 4.99 Å². The maximum absolute atomic E-state index is 13.5. The lowest BCUT2D eigenvalue weighted by Gasteiger charge is -2.36. The summed E-state index contributed by atoms with van der Waals surface area (Å²) in [7, 11) is 0. The molecular weight excluding hydrogens is 532 g/mol. The number of amides is 2. The minimum atomic E-state index is -0.205. The predicted octanol–water partition coefficient (Wildman–Crippen LogP) is 5.84. The van der Waals surface area contributed by atoms with Crippen molar-refractivity contribution in [3.8, 4) is 0 Å². The molecule has 0 radical (unpaired) electrons. The summed E-state index contributed by atoms with van der Waals surface area (Å²) in [6.07, 6.45) is 1.81. The number of carbonyl (C=O) groups is 3. The second-order valence-electron chi connectivity index (χ2n) is 10.5. The van der Waals surface area contributed by atoms with Crippen LogP contribution in [0, 0.1) is 0 Å². The number of benzene rings is 3. The molecule has 0 bridgehead atoms.